The molecule has 3 nitrogen and oxygen atoms in total. The van der Waals surface area contributed by atoms with Gasteiger partial charge in [-0.2, -0.15) is 0 Å². The van der Waals surface area contributed by atoms with E-state index in [0.29, 0.717) is 11.8 Å². The maximum Gasteiger partial charge on any atom is 0.282 e. The number of rotatable bonds is 3. The summed E-state index contributed by atoms with van der Waals surface area (Å²) in [5.74, 6) is 1.56. The van der Waals surface area contributed by atoms with Gasteiger partial charge in [0, 0.05) is 17.5 Å². The van der Waals surface area contributed by atoms with Crippen LogP contribution in [0, 0.1) is 25.7 Å². The van der Waals surface area contributed by atoms with Crippen molar-refractivity contribution in [3.8, 4) is 0 Å². The van der Waals surface area contributed by atoms with E-state index in [0.717, 1.165) is 24.3 Å². The number of hydrogen-bond donors (Lipinski definition) is 2. The molecule has 0 saturated carbocycles. The lowest BCUT2D eigenvalue weighted by Crippen LogP contribution is -3.18. The topological polar surface area (TPSA) is 33.5 Å². The second-order valence-electron chi connectivity index (χ2n) is 7.04. The first-order valence-corrected chi connectivity index (χ1v) is 8.09. The summed E-state index contributed by atoms with van der Waals surface area (Å²) in [6.07, 6.45) is 1.29. The Morgan fingerprint density at radius 2 is 1.86 bits per heavy atom. The summed E-state index contributed by atoms with van der Waals surface area (Å²) in [5, 5.41) is 3.12. The van der Waals surface area contributed by atoms with Crippen LogP contribution in [0.1, 0.15) is 38.3 Å². The molecule has 1 saturated heterocycles. The fourth-order valence-electron chi connectivity index (χ4n) is 3.48. The normalized spacial score (nSPS) is 27.2. The van der Waals surface area contributed by atoms with Crippen LogP contribution in [0.25, 0.3) is 0 Å². The highest BCUT2D eigenvalue weighted by Gasteiger charge is 2.32. The molecule has 0 spiro atoms. The van der Waals surface area contributed by atoms with Gasteiger partial charge in [0.1, 0.15) is 0 Å². The van der Waals surface area contributed by atoms with Gasteiger partial charge in [0.25, 0.3) is 5.91 Å². The molecular formula is C18H29N2O+. The van der Waals surface area contributed by atoms with Crippen LogP contribution in [-0.2, 0) is 4.79 Å². The average Bonchev–Trinajstić information content (AvgIpc) is 2.41. The highest BCUT2D eigenvalue weighted by atomic mass is 16.2. The Morgan fingerprint density at radius 1 is 1.24 bits per heavy atom. The Balaban J connectivity index is 2.04. The predicted molar refractivity (Wildman–Crippen MR) is 87.6 cm³/mol. The third-order valence-corrected chi connectivity index (χ3v) is 4.68. The van der Waals surface area contributed by atoms with Gasteiger partial charge in [-0.15, -0.1) is 0 Å². The molecule has 1 aliphatic rings. The van der Waals surface area contributed by atoms with E-state index in [1.807, 2.05) is 6.92 Å². The van der Waals surface area contributed by atoms with Gasteiger partial charge in [0.2, 0.25) is 0 Å². The number of carbonyl (C=O) groups is 1. The van der Waals surface area contributed by atoms with Gasteiger partial charge in [-0.1, -0.05) is 26.0 Å². The minimum atomic E-state index is 0.00936. The second kappa shape index (κ2) is 6.61. The van der Waals surface area contributed by atoms with Crippen molar-refractivity contribution in [3.63, 3.8) is 0 Å². The summed E-state index contributed by atoms with van der Waals surface area (Å²) in [5.41, 5.74) is 3.25. The van der Waals surface area contributed by atoms with Gasteiger partial charge >= 0.3 is 0 Å². The number of amides is 1. The number of piperidine rings is 1. The molecule has 1 amide bonds. The average molecular weight is 289 g/mol. The number of benzene rings is 1. The number of likely N-dealkylation sites (tertiary alicyclic amines) is 1. The van der Waals surface area contributed by atoms with Crippen molar-refractivity contribution in [1.82, 2.24) is 0 Å². The third-order valence-electron chi connectivity index (χ3n) is 4.68. The van der Waals surface area contributed by atoms with Gasteiger partial charge in [-0.05, 0) is 44.4 Å². The molecule has 1 aromatic rings. The van der Waals surface area contributed by atoms with Gasteiger partial charge in [0.05, 0.1) is 13.1 Å². The largest absolute Gasteiger partial charge is 0.324 e. The number of carbonyl (C=O) groups excluding carboxylic acids is 1. The van der Waals surface area contributed by atoms with Crippen molar-refractivity contribution in [3.05, 3.63) is 29.3 Å². The van der Waals surface area contributed by atoms with Gasteiger partial charge in [-0.25, -0.2) is 0 Å². The molecule has 1 aromatic carbocycles. The third kappa shape index (κ3) is 4.07. The zero-order valence-corrected chi connectivity index (χ0v) is 14.0. The van der Waals surface area contributed by atoms with Crippen molar-refractivity contribution in [2.75, 3.05) is 18.4 Å². The summed E-state index contributed by atoms with van der Waals surface area (Å²) in [6, 6.07) is 6.20. The smallest absolute Gasteiger partial charge is 0.282 e. The number of anilines is 1. The van der Waals surface area contributed by atoms with Crippen LogP contribution in [-0.4, -0.2) is 25.0 Å². The molecule has 0 aromatic heterocycles. The molecule has 0 unspecified atom stereocenters. The molecule has 0 radical (unpaired) electrons. The van der Waals surface area contributed by atoms with E-state index in [1.165, 1.54) is 16.9 Å². The number of nitrogens with one attached hydrogen (secondary N) is 2. The number of quaternary nitrogens is 1. The Labute approximate surface area is 128 Å². The minimum absolute atomic E-state index is 0.00936. The monoisotopic (exact) mass is 289 g/mol. The van der Waals surface area contributed by atoms with Crippen LogP contribution in [0.5, 0.6) is 0 Å². The Hall–Kier alpha value is -1.35. The zero-order valence-electron chi connectivity index (χ0n) is 14.0. The molecule has 1 aliphatic heterocycles. The Kier molecular flexibility index (Phi) is 5.04. The molecule has 2 rings (SSSR count). The van der Waals surface area contributed by atoms with Crippen LogP contribution in [0.2, 0.25) is 0 Å². The first-order valence-electron chi connectivity index (χ1n) is 8.09. The van der Waals surface area contributed by atoms with Gasteiger partial charge in [0.15, 0.2) is 6.04 Å². The summed E-state index contributed by atoms with van der Waals surface area (Å²) in [4.78, 5) is 14.0. The van der Waals surface area contributed by atoms with Crippen molar-refractivity contribution >= 4 is 11.6 Å². The van der Waals surface area contributed by atoms with Gasteiger partial charge < -0.3 is 10.2 Å². The van der Waals surface area contributed by atoms with Crippen molar-refractivity contribution in [1.29, 1.82) is 0 Å². The van der Waals surface area contributed by atoms with Crippen LogP contribution >= 0.6 is 0 Å². The lowest BCUT2D eigenvalue weighted by atomic mass is 9.91. The summed E-state index contributed by atoms with van der Waals surface area (Å²) in [6.45, 7) is 12.9. The van der Waals surface area contributed by atoms with Crippen LogP contribution < -0.4 is 10.2 Å². The second-order valence-corrected chi connectivity index (χ2v) is 7.04. The molecular weight excluding hydrogens is 260 g/mol. The lowest BCUT2D eigenvalue weighted by molar-refractivity contribution is -0.925. The fourth-order valence-corrected chi connectivity index (χ4v) is 3.48. The quantitative estimate of drug-likeness (QED) is 0.879. The molecule has 21 heavy (non-hydrogen) atoms. The molecule has 3 atom stereocenters. The lowest BCUT2D eigenvalue weighted by Gasteiger charge is -2.35. The van der Waals surface area contributed by atoms with E-state index in [4.69, 9.17) is 0 Å². The summed E-state index contributed by atoms with van der Waals surface area (Å²) < 4.78 is 0. The van der Waals surface area contributed by atoms with Gasteiger partial charge in [-0.3, -0.25) is 4.79 Å². The molecule has 0 bridgehead atoms. The molecule has 1 heterocycles. The van der Waals surface area contributed by atoms with Crippen LogP contribution in [0.15, 0.2) is 18.2 Å². The Bertz CT molecular complexity index is 502. The first kappa shape index (κ1) is 16.0. The molecule has 2 N–H and O–H groups in total. The van der Waals surface area contributed by atoms with Crippen molar-refractivity contribution in [2.45, 2.75) is 47.1 Å². The molecule has 0 aliphatic carbocycles. The molecule has 3 heteroatoms. The van der Waals surface area contributed by atoms with Crippen molar-refractivity contribution in [2.24, 2.45) is 11.8 Å². The number of hydrogen-bond acceptors (Lipinski definition) is 1. The molecule has 116 valence electrons. The highest BCUT2D eigenvalue weighted by molar-refractivity contribution is 5.94. The van der Waals surface area contributed by atoms with E-state index in [9.17, 15) is 4.79 Å². The van der Waals surface area contributed by atoms with Crippen molar-refractivity contribution < 1.29 is 9.69 Å². The highest BCUT2D eigenvalue weighted by Crippen LogP contribution is 2.17. The fraction of sp³-hybridized carbons (Fsp3) is 0.611. The molecule has 1 fully saturated rings. The minimum Gasteiger partial charge on any atom is -0.324 e. The van der Waals surface area contributed by atoms with E-state index >= 15 is 0 Å². The SMILES string of the molecule is Cc1ccc(C)c(NC(=O)[C@H](C)[NH+]2C[C@@H](C)C[C@H](C)C2)c1. The summed E-state index contributed by atoms with van der Waals surface area (Å²) in [7, 11) is 0. The maximum absolute atomic E-state index is 12.6. The van der Waals surface area contributed by atoms with E-state index < -0.39 is 0 Å². The van der Waals surface area contributed by atoms with E-state index in [1.54, 1.807) is 0 Å². The van der Waals surface area contributed by atoms with Crippen LogP contribution in [0.3, 0.4) is 0 Å². The number of aryl methyl sites for hydroxylation is 2. The van der Waals surface area contributed by atoms with Crippen LogP contribution in [0.4, 0.5) is 5.69 Å². The first-order chi connectivity index (χ1) is 9.86. The summed E-state index contributed by atoms with van der Waals surface area (Å²) >= 11 is 0. The predicted octanol–water partition coefficient (Wildman–Crippen LogP) is 2.19. The van der Waals surface area contributed by atoms with E-state index in [2.05, 4.69) is 51.2 Å². The zero-order chi connectivity index (χ0) is 15.6. The maximum atomic E-state index is 12.6. The standard InChI is InChI=1S/C18H28N2O/c1-12-6-7-15(4)17(9-12)19-18(21)16(5)20-10-13(2)8-14(3)11-20/h6-7,9,13-14,16H,8,10-11H2,1-5H3,(H,19,21)/p+1/t13-,14-,16-/m0/s1. The van der Waals surface area contributed by atoms with E-state index in [-0.39, 0.29) is 11.9 Å². The Morgan fingerprint density at radius 3 is 2.48 bits per heavy atom.